The van der Waals surface area contributed by atoms with Gasteiger partial charge in [0.05, 0.1) is 13.2 Å². The van der Waals surface area contributed by atoms with E-state index in [2.05, 4.69) is 83.1 Å². The van der Waals surface area contributed by atoms with Crippen LogP contribution in [-0.4, -0.2) is 14.4 Å². The summed E-state index contributed by atoms with van der Waals surface area (Å²) < 4.78 is 23.7. The molecule has 0 amide bonds. The Morgan fingerprint density at radius 3 is 0.972 bits per heavy atom. The summed E-state index contributed by atoms with van der Waals surface area (Å²) in [5.41, 5.74) is 3.93. The maximum absolute atomic E-state index is 12.6. The molecule has 0 aliphatic heterocycles. The lowest BCUT2D eigenvalue weighted by Crippen LogP contribution is -2.18. The Hall–Kier alpha value is -1.89. The lowest BCUT2D eigenvalue weighted by Gasteiger charge is -2.28. The van der Waals surface area contributed by atoms with Crippen LogP contribution in [0.3, 0.4) is 0 Å². The molecule has 0 aromatic heterocycles. The molecule has 6 heteroatoms. The summed E-state index contributed by atoms with van der Waals surface area (Å²) in [6.45, 7) is 24.8. The highest BCUT2D eigenvalue weighted by atomic mass is 32.2. The Bertz CT molecular complexity index is 949. The van der Waals surface area contributed by atoms with Crippen molar-refractivity contribution in [3.8, 4) is 11.5 Å². The molecule has 0 saturated carbocycles. The van der Waals surface area contributed by atoms with Crippen LogP contribution in [0, 0.1) is 0 Å². The molecule has 2 rings (SSSR count). The van der Waals surface area contributed by atoms with Crippen LogP contribution in [0.2, 0.25) is 0 Å². The summed E-state index contributed by atoms with van der Waals surface area (Å²) in [5.74, 6) is 0.598. The molecule has 0 aliphatic carbocycles. The van der Waals surface area contributed by atoms with E-state index in [1.54, 1.807) is 0 Å². The average molecular weight is 519 g/mol. The van der Waals surface area contributed by atoms with Crippen molar-refractivity contribution >= 4 is 11.4 Å². The molecule has 0 bridgehead atoms. The summed E-state index contributed by atoms with van der Waals surface area (Å²) in [6.07, 6.45) is 0. The number of phenols is 2. The number of rotatable bonds is 6. The molecular formula is C30H46O5S. The van der Waals surface area contributed by atoms with Gasteiger partial charge in [0.2, 0.25) is 0 Å². The van der Waals surface area contributed by atoms with Gasteiger partial charge in [-0.25, -0.2) is 0 Å². The third-order valence-corrected chi connectivity index (χ3v) is 6.84. The Kier molecular flexibility index (Phi) is 8.82. The minimum atomic E-state index is -1.97. The van der Waals surface area contributed by atoms with Crippen LogP contribution in [0.4, 0.5) is 0 Å². The fraction of sp³-hybridized carbons (Fsp3) is 0.600. The van der Waals surface area contributed by atoms with Gasteiger partial charge in [0, 0.05) is 0 Å². The average Bonchev–Trinajstić information content (AvgIpc) is 2.68. The van der Waals surface area contributed by atoms with Gasteiger partial charge < -0.3 is 10.2 Å². The van der Waals surface area contributed by atoms with Crippen LogP contribution in [0.1, 0.15) is 116 Å². The third-order valence-electron chi connectivity index (χ3n) is 6.22. The number of hydrogen-bond donors (Lipinski definition) is 2. The standard InChI is InChI=1S/C30H46O5S/c1-27(2,3)21-13-19(14-22(25(21)31)28(4,5)6)17-34-36(33)35-18-20-15-23(29(7,8)9)26(32)24(16-20)30(10,11)12/h13-16,31-32H,17-18H2,1-12H3. The molecule has 5 nitrogen and oxygen atoms in total. The molecule has 0 atom stereocenters. The zero-order valence-corrected chi connectivity index (χ0v) is 25.1. The van der Waals surface area contributed by atoms with E-state index in [1.807, 2.05) is 24.3 Å². The van der Waals surface area contributed by atoms with Crippen molar-refractivity contribution in [3.63, 3.8) is 0 Å². The monoisotopic (exact) mass is 518 g/mol. The molecular weight excluding hydrogens is 472 g/mol. The van der Waals surface area contributed by atoms with Crippen molar-refractivity contribution in [2.45, 2.75) is 118 Å². The van der Waals surface area contributed by atoms with E-state index in [9.17, 15) is 14.4 Å². The first-order chi connectivity index (χ1) is 16.1. The first-order valence-corrected chi connectivity index (χ1v) is 13.5. The van der Waals surface area contributed by atoms with Crippen molar-refractivity contribution in [1.82, 2.24) is 0 Å². The molecule has 36 heavy (non-hydrogen) atoms. The van der Waals surface area contributed by atoms with E-state index >= 15 is 0 Å². The molecule has 2 aromatic rings. The molecule has 0 fully saturated rings. The van der Waals surface area contributed by atoms with Gasteiger partial charge in [0.1, 0.15) is 11.5 Å². The van der Waals surface area contributed by atoms with Gasteiger partial charge in [-0.15, -0.1) is 0 Å². The highest BCUT2D eigenvalue weighted by molar-refractivity contribution is 7.75. The quantitative estimate of drug-likeness (QED) is 0.412. The third kappa shape index (κ3) is 7.56. The van der Waals surface area contributed by atoms with Crippen LogP contribution in [0.5, 0.6) is 11.5 Å². The number of hydrogen-bond acceptors (Lipinski definition) is 5. The van der Waals surface area contributed by atoms with Gasteiger partial charge in [0.15, 0.2) is 0 Å². The van der Waals surface area contributed by atoms with E-state index in [0.717, 1.165) is 33.4 Å². The van der Waals surface area contributed by atoms with Gasteiger partial charge >= 0.3 is 11.4 Å². The SMILES string of the molecule is CC(C)(C)c1cc(COS(=O)OCc2cc(C(C)(C)C)c(O)c(C(C)(C)C)c2)cc(C(C)(C)C)c1O. The molecule has 0 radical (unpaired) electrons. The molecule has 0 heterocycles. The van der Waals surface area contributed by atoms with Crippen molar-refractivity contribution in [3.05, 3.63) is 57.6 Å². The van der Waals surface area contributed by atoms with Gasteiger partial charge in [-0.2, -0.15) is 4.21 Å². The lowest BCUT2D eigenvalue weighted by atomic mass is 9.78. The Morgan fingerprint density at radius 1 is 0.556 bits per heavy atom. The minimum absolute atomic E-state index is 0.0924. The van der Waals surface area contributed by atoms with E-state index in [1.165, 1.54) is 0 Å². The smallest absolute Gasteiger partial charge is 0.305 e. The fourth-order valence-corrected chi connectivity index (χ4v) is 4.64. The van der Waals surface area contributed by atoms with Gasteiger partial charge in [-0.1, -0.05) is 83.1 Å². The van der Waals surface area contributed by atoms with E-state index in [4.69, 9.17) is 8.37 Å². The van der Waals surface area contributed by atoms with Crippen LogP contribution in [0.25, 0.3) is 0 Å². The van der Waals surface area contributed by atoms with Gasteiger partial charge in [-0.05, 0) is 79.3 Å². The molecule has 0 saturated heterocycles. The normalized spacial score (nSPS) is 13.5. The first-order valence-electron chi connectivity index (χ1n) is 12.5. The number of benzene rings is 2. The van der Waals surface area contributed by atoms with Gasteiger partial charge in [0.25, 0.3) is 0 Å². The lowest BCUT2D eigenvalue weighted by molar-refractivity contribution is 0.236. The van der Waals surface area contributed by atoms with Crippen molar-refractivity contribution in [1.29, 1.82) is 0 Å². The van der Waals surface area contributed by atoms with E-state index in [0.29, 0.717) is 11.5 Å². The maximum Gasteiger partial charge on any atom is 0.305 e. The van der Waals surface area contributed by atoms with Crippen LogP contribution in [0.15, 0.2) is 24.3 Å². The van der Waals surface area contributed by atoms with Crippen molar-refractivity contribution in [2.24, 2.45) is 0 Å². The van der Waals surface area contributed by atoms with Gasteiger partial charge in [-0.3, -0.25) is 8.37 Å². The topological polar surface area (TPSA) is 76.0 Å². The number of aromatic hydroxyl groups is 2. The molecule has 0 unspecified atom stereocenters. The second-order valence-electron chi connectivity index (χ2n) is 13.8. The summed E-state index contributed by atoms with van der Waals surface area (Å²) in [7, 11) is 0. The highest BCUT2D eigenvalue weighted by Crippen LogP contribution is 2.41. The maximum atomic E-state index is 12.6. The van der Waals surface area contributed by atoms with Crippen LogP contribution >= 0.6 is 0 Å². The molecule has 0 aliphatic rings. The highest BCUT2D eigenvalue weighted by Gasteiger charge is 2.28. The largest absolute Gasteiger partial charge is 0.507 e. The Balaban J connectivity index is 2.23. The summed E-state index contributed by atoms with van der Waals surface area (Å²) >= 11 is -1.97. The fourth-order valence-electron chi connectivity index (χ4n) is 4.11. The Morgan fingerprint density at radius 2 is 0.778 bits per heavy atom. The van der Waals surface area contributed by atoms with Crippen molar-refractivity contribution < 1.29 is 22.8 Å². The summed E-state index contributed by atoms with van der Waals surface area (Å²) in [6, 6.07) is 7.64. The molecule has 2 aromatic carbocycles. The summed E-state index contributed by atoms with van der Waals surface area (Å²) in [5, 5.41) is 21.8. The van der Waals surface area contributed by atoms with E-state index < -0.39 is 11.4 Å². The second-order valence-corrected chi connectivity index (χ2v) is 14.7. The predicted octanol–water partition coefficient (Wildman–Crippen LogP) is 7.60. The minimum Gasteiger partial charge on any atom is -0.507 e. The first kappa shape index (κ1) is 30.3. The molecule has 0 spiro atoms. The zero-order chi connectivity index (χ0) is 27.9. The molecule has 202 valence electrons. The zero-order valence-electron chi connectivity index (χ0n) is 24.3. The summed E-state index contributed by atoms with van der Waals surface area (Å²) in [4.78, 5) is 0. The van der Waals surface area contributed by atoms with Crippen LogP contribution in [-0.2, 0) is 54.6 Å². The Labute approximate surface area is 221 Å². The predicted molar refractivity (Wildman–Crippen MR) is 149 cm³/mol. The number of phenolic OH excluding ortho intramolecular Hbond substituents is 2. The van der Waals surface area contributed by atoms with Crippen LogP contribution < -0.4 is 0 Å². The van der Waals surface area contributed by atoms with E-state index in [-0.39, 0.29) is 34.9 Å². The second kappa shape index (κ2) is 10.5. The van der Waals surface area contributed by atoms with Crippen molar-refractivity contribution in [2.75, 3.05) is 0 Å². The molecule has 2 N–H and O–H groups in total.